The van der Waals surface area contributed by atoms with Crippen molar-refractivity contribution in [1.29, 1.82) is 0 Å². The van der Waals surface area contributed by atoms with Crippen molar-refractivity contribution < 1.29 is 27.8 Å². The third-order valence-electron chi connectivity index (χ3n) is 8.55. The molecule has 4 aromatic rings. The number of ether oxygens (including phenoxy) is 2. The molecular formula is C34H37F2N7O5. The molecule has 2 amide bonds. The third-order valence-corrected chi connectivity index (χ3v) is 8.55. The molecule has 3 aromatic heterocycles. The zero-order chi connectivity index (χ0) is 34.8. The molecule has 252 valence electrons. The van der Waals surface area contributed by atoms with Crippen molar-refractivity contribution in [3.05, 3.63) is 64.3 Å². The summed E-state index contributed by atoms with van der Waals surface area (Å²) in [7, 11) is 2.80. The molecule has 0 spiro atoms. The lowest BCUT2D eigenvalue weighted by Crippen LogP contribution is -2.66. The van der Waals surface area contributed by atoms with E-state index in [1.54, 1.807) is 25.7 Å². The van der Waals surface area contributed by atoms with Crippen LogP contribution in [0, 0.1) is 11.6 Å². The summed E-state index contributed by atoms with van der Waals surface area (Å²) in [5, 5.41) is 0.184. The maximum Gasteiger partial charge on any atom is 0.410 e. The number of hydrogen-bond acceptors (Lipinski definition) is 9. The Morgan fingerprint density at radius 2 is 1.75 bits per heavy atom. The topological polar surface area (TPSA) is 123 Å². The van der Waals surface area contributed by atoms with Crippen LogP contribution in [-0.2, 0) is 9.53 Å². The van der Waals surface area contributed by atoms with Crippen LogP contribution in [0.5, 0.6) is 5.75 Å². The van der Waals surface area contributed by atoms with Crippen molar-refractivity contribution in [1.82, 2.24) is 24.4 Å². The third kappa shape index (κ3) is 5.28. The van der Waals surface area contributed by atoms with Gasteiger partial charge >= 0.3 is 6.09 Å². The van der Waals surface area contributed by atoms with Crippen LogP contribution in [0.3, 0.4) is 0 Å². The number of anilines is 2. The normalized spacial score (nSPS) is 17.9. The predicted molar refractivity (Wildman–Crippen MR) is 176 cm³/mol. The van der Waals surface area contributed by atoms with Crippen molar-refractivity contribution in [3.8, 4) is 22.8 Å². The highest BCUT2D eigenvalue weighted by Gasteiger charge is 2.47. The van der Waals surface area contributed by atoms with E-state index >= 15 is 8.78 Å². The second-order valence-corrected chi connectivity index (χ2v) is 13.3. The second kappa shape index (κ2) is 11.8. The van der Waals surface area contributed by atoms with Crippen molar-refractivity contribution in [2.45, 2.75) is 65.1 Å². The van der Waals surface area contributed by atoms with E-state index in [0.29, 0.717) is 5.69 Å². The predicted octanol–water partition coefficient (Wildman–Crippen LogP) is 5.04. The van der Waals surface area contributed by atoms with Crippen LogP contribution >= 0.6 is 0 Å². The molecule has 0 N–H and O–H groups in total. The monoisotopic (exact) mass is 661 g/mol. The first-order valence-corrected chi connectivity index (χ1v) is 15.6. The molecule has 2 atom stereocenters. The minimum Gasteiger partial charge on any atom is -0.496 e. The number of fused-ring (bicyclic) bond motifs is 5. The number of aromatic nitrogens is 4. The van der Waals surface area contributed by atoms with Gasteiger partial charge in [0.05, 0.1) is 30.6 Å². The summed E-state index contributed by atoms with van der Waals surface area (Å²) in [4.78, 5) is 59.9. The van der Waals surface area contributed by atoms with Crippen LogP contribution in [0.1, 0.15) is 53.2 Å². The van der Waals surface area contributed by atoms with E-state index in [1.165, 1.54) is 65.2 Å². The van der Waals surface area contributed by atoms with Crippen LogP contribution in [0.15, 0.2) is 41.5 Å². The lowest BCUT2D eigenvalue weighted by atomic mass is 9.98. The number of halogens is 2. The summed E-state index contributed by atoms with van der Waals surface area (Å²) in [5.74, 6) is -2.08. The molecule has 2 aliphatic heterocycles. The van der Waals surface area contributed by atoms with Crippen LogP contribution in [0.2, 0.25) is 0 Å². The first-order chi connectivity index (χ1) is 22.6. The Morgan fingerprint density at radius 1 is 1.04 bits per heavy atom. The maximum absolute atomic E-state index is 16.3. The van der Waals surface area contributed by atoms with Gasteiger partial charge in [-0.1, -0.05) is 19.9 Å². The van der Waals surface area contributed by atoms with E-state index in [1.807, 2.05) is 20.8 Å². The van der Waals surface area contributed by atoms with E-state index in [-0.39, 0.29) is 64.2 Å². The highest BCUT2D eigenvalue weighted by Crippen LogP contribution is 2.43. The van der Waals surface area contributed by atoms with Crippen molar-refractivity contribution in [2.24, 2.45) is 0 Å². The fraction of sp³-hybridized carbons (Fsp3) is 0.412. The molecule has 5 heterocycles. The molecule has 1 aromatic carbocycles. The Balaban J connectivity index is 1.67. The minimum absolute atomic E-state index is 0.0144. The van der Waals surface area contributed by atoms with Gasteiger partial charge in [-0.2, -0.15) is 0 Å². The second-order valence-electron chi connectivity index (χ2n) is 13.3. The molecule has 0 radical (unpaired) electrons. The van der Waals surface area contributed by atoms with Gasteiger partial charge in [-0.25, -0.2) is 28.1 Å². The Bertz CT molecular complexity index is 2030. The highest BCUT2D eigenvalue weighted by atomic mass is 19.1. The average molecular weight is 662 g/mol. The summed E-state index contributed by atoms with van der Waals surface area (Å²) < 4.78 is 43.9. The first kappa shape index (κ1) is 32.8. The molecule has 1 saturated heterocycles. The Labute approximate surface area is 275 Å². The van der Waals surface area contributed by atoms with Gasteiger partial charge in [-0.05, 0) is 51.8 Å². The van der Waals surface area contributed by atoms with Gasteiger partial charge in [-0.3, -0.25) is 14.6 Å². The molecule has 0 unspecified atom stereocenters. The Kier molecular flexibility index (Phi) is 8.08. The number of carbonyl (C=O) groups is 2. The fourth-order valence-corrected chi connectivity index (χ4v) is 6.39. The summed E-state index contributed by atoms with van der Waals surface area (Å²) in [6.07, 6.45) is 2.35. The van der Waals surface area contributed by atoms with Crippen LogP contribution in [0.25, 0.3) is 28.1 Å². The Morgan fingerprint density at radius 3 is 2.42 bits per heavy atom. The number of piperazine rings is 1. The number of likely N-dealkylation sites (N-methyl/N-ethyl adjacent to an activating group) is 1. The largest absolute Gasteiger partial charge is 0.496 e. The highest BCUT2D eigenvalue weighted by molar-refractivity contribution is 6.11. The molecule has 2 aliphatic rings. The van der Waals surface area contributed by atoms with Crippen LogP contribution < -0.4 is 20.1 Å². The minimum atomic E-state index is -0.915. The maximum atomic E-state index is 16.3. The Hall–Kier alpha value is -5.14. The van der Waals surface area contributed by atoms with E-state index in [9.17, 15) is 14.4 Å². The summed E-state index contributed by atoms with van der Waals surface area (Å²) in [5.41, 5.74) is -1.31. The number of rotatable bonds is 4. The van der Waals surface area contributed by atoms with Gasteiger partial charge < -0.3 is 24.2 Å². The van der Waals surface area contributed by atoms with Gasteiger partial charge in [0.25, 0.3) is 11.5 Å². The molecule has 14 heteroatoms. The van der Waals surface area contributed by atoms with Crippen molar-refractivity contribution in [2.75, 3.05) is 37.0 Å². The quantitative estimate of drug-likeness (QED) is 0.296. The lowest BCUT2D eigenvalue weighted by molar-refractivity contribution is -0.121. The van der Waals surface area contributed by atoms with Crippen molar-refractivity contribution in [3.63, 3.8) is 0 Å². The molecule has 6 rings (SSSR count). The van der Waals surface area contributed by atoms with Gasteiger partial charge in [0.15, 0.2) is 17.3 Å². The zero-order valence-electron chi connectivity index (χ0n) is 28.0. The van der Waals surface area contributed by atoms with E-state index in [2.05, 4.69) is 15.0 Å². The molecule has 0 saturated carbocycles. The lowest BCUT2D eigenvalue weighted by Gasteiger charge is -2.49. The van der Waals surface area contributed by atoms with E-state index < -0.39 is 46.9 Å². The standard InChI is InChI=1S/C34H37F2N7O5/c1-17(2)25-30(38-13-12-37-25)43-29-19(14-21(36)26(39-29)24-20(35)10-9-11-23(24)47-8)27-28(32(43)45)40(7)31(44)22-16-41(18(3)15-42(22)27)33(46)48-34(4,5)6/h9-14,17-18,22H,15-16H2,1-8H3/t18-,22-/m1/s1. The number of amides is 2. The molecule has 0 bridgehead atoms. The van der Waals surface area contributed by atoms with Gasteiger partial charge in [0.1, 0.15) is 34.6 Å². The number of hydrogen-bond donors (Lipinski definition) is 0. The van der Waals surface area contributed by atoms with Crippen LogP contribution in [-0.4, -0.2) is 81.4 Å². The van der Waals surface area contributed by atoms with Crippen molar-refractivity contribution >= 4 is 34.4 Å². The summed E-state index contributed by atoms with van der Waals surface area (Å²) >= 11 is 0. The number of carbonyl (C=O) groups excluding carboxylic acids is 2. The summed E-state index contributed by atoms with van der Waals surface area (Å²) in [6.45, 7) is 10.9. The van der Waals surface area contributed by atoms with Gasteiger partial charge in [-0.15, -0.1) is 0 Å². The fourth-order valence-electron chi connectivity index (χ4n) is 6.39. The van der Waals surface area contributed by atoms with Crippen LogP contribution in [0.4, 0.5) is 25.0 Å². The van der Waals surface area contributed by atoms with E-state index in [4.69, 9.17) is 9.47 Å². The molecular weight excluding hydrogens is 624 g/mol. The number of nitrogens with zero attached hydrogens (tertiary/aromatic N) is 7. The average Bonchev–Trinajstić information content (AvgIpc) is 3.02. The van der Waals surface area contributed by atoms with Gasteiger partial charge in [0.2, 0.25) is 0 Å². The number of methoxy groups -OCH3 is 1. The van der Waals surface area contributed by atoms with E-state index in [0.717, 1.165) is 0 Å². The number of benzene rings is 1. The summed E-state index contributed by atoms with van der Waals surface area (Å²) in [6, 6.07) is 3.91. The SMILES string of the molecule is COc1cccc(F)c1-c1nc2c(cc1F)c1c(c(=O)n2-c2nccnc2C(C)C)N(C)C(=O)[C@H]2CN(C(=O)OC(C)(C)C)[C@H](C)CN12. The zero-order valence-corrected chi connectivity index (χ0v) is 28.0. The first-order valence-electron chi connectivity index (χ1n) is 15.6. The molecule has 1 fully saturated rings. The molecule has 48 heavy (non-hydrogen) atoms. The number of pyridine rings is 2. The molecule has 12 nitrogen and oxygen atoms in total. The smallest absolute Gasteiger partial charge is 0.410 e. The molecule has 0 aliphatic carbocycles. The van der Waals surface area contributed by atoms with Gasteiger partial charge in [0, 0.05) is 37.4 Å².